The van der Waals surface area contributed by atoms with Crippen molar-refractivity contribution in [3.05, 3.63) is 125 Å². The van der Waals surface area contributed by atoms with Crippen molar-refractivity contribution in [3.8, 4) is 17.2 Å². The fraction of sp³-hybridized carbons (Fsp3) is 0.156. The topological polar surface area (TPSA) is 98.2 Å². The first-order valence-corrected chi connectivity index (χ1v) is 12.9. The molecule has 2 aliphatic rings. The van der Waals surface area contributed by atoms with E-state index < -0.39 is 17.7 Å². The number of rotatable bonds is 7. The van der Waals surface area contributed by atoms with Crippen molar-refractivity contribution < 1.29 is 28.9 Å². The summed E-state index contributed by atoms with van der Waals surface area (Å²) < 4.78 is 17.2. The third-order valence-electron chi connectivity index (χ3n) is 6.88. The summed E-state index contributed by atoms with van der Waals surface area (Å²) in [6.07, 6.45) is 3.29. The van der Waals surface area contributed by atoms with Gasteiger partial charge in [0, 0.05) is 24.5 Å². The Balaban J connectivity index is 1.37. The van der Waals surface area contributed by atoms with Crippen molar-refractivity contribution in [2.45, 2.75) is 19.2 Å². The third-order valence-corrected chi connectivity index (χ3v) is 6.88. The molecule has 1 atom stereocenters. The number of fused-ring (bicyclic) bond motifs is 1. The highest BCUT2D eigenvalue weighted by Crippen LogP contribution is 2.42. The molecule has 4 aromatic rings. The summed E-state index contributed by atoms with van der Waals surface area (Å²) in [6, 6.07) is 24.8. The summed E-state index contributed by atoms with van der Waals surface area (Å²) in [5.74, 6) is -0.0658. The van der Waals surface area contributed by atoms with Gasteiger partial charge >= 0.3 is 0 Å². The predicted octanol–water partition coefficient (Wildman–Crippen LogP) is 5.05. The van der Waals surface area contributed by atoms with Gasteiger partial charge in [-0.15, -0.1) is 0 Å². The Kier molecular flexibility index (Phi) is 6.89. The maximum absolute atomic E-state index is 13.4. The predicted molar refractivity (Wildman–Crippen MR) is 147 cm³/mol. The van der Waals surface area contributed by atoms with Crippen LogP contribution in [0.2, 0.25) is 0 Å². The zero-order chi connectivity index (χ0) is 27.5. The van der Waals surface area contributed by atoms with Crippen LogP contribution < -0.4 is 14.2 Å². The number of ether oxygens (including phenoxy) is 3. The maximum Gasteiger partial charge on any atom is 0.295 e. The lowest BCUT2D eigenvalue weighted by atomic mass is 9.95. The molecular formula is C32H26N2O6. The summed E-state index contributed by atoms with van der Waals surface area (Å²) in [6.45, 7) is 1.37. The summed E-state index contributed by atoms with van der Waals surface area (Å²) >= 11 is 0. The smallest absolute Gasteiger partial charge is 0.295 e. The molecule has 1 unspecified atom stereocenters. The monoisotopic (exact) mass is 534 g/mol. The second-order valence-electron chi connectivity index (χ2n) is 9.49. The quantitative estimate of drug-likeness (QED) is 0.201. The summed E-state index contributed by atoms with van der Waals surface area (Å²) in [5, 5.41) is 11.4. The number of Topliss-reactive ketones (excluding diaryl/α,β-unsaturated/α-hetero) is 1. The van der Waals surface area contributed by atoms with Crippen LogP contribution in [0.25, 0.3) is 5.76 Å². The number of likely N-dealkylation sites (tertiary alicyclic amines) is 1. The lowest BCUT2D eigenvalue weighted by molar-refractivity contribution is -0.140. The number of aliphatic hydroxyl groups is 1. The first-order valence-electron chi connectivity index (χ1n) is 12.9. The van der Waals surface area contributed by atoms with Gasteiger partial charge in [-0.2, -0.15) is 0 Å². The van der Waals surface area contributed by atoms with E-state index in [2.05, 4.69) is 4.98 Å². The van der Waals surface area contributed by atoms with Crippen molar-refractivity contribution in [2.24, 2.45) is 0 Å². The largest absolute Gasteiger partial charge is 0.507 e. The molecule has 0 aliphatic carbocycles. The normalized spacial score (nSPS) is 17.6. The van der Waals surface area contributed by atoms with E-state index in [0.717, 1.165) is 11.1 Å². The highest BCUT2D eigenvalue weighted by Gasteiger charge is 2.46. The van der Waals surface area contributed by atoms with Crippen molar-refractivity contribution in [1.29, 1.82) is 0 Å². The molecular weight excluding hydrogens is 508 g/mol. The Labute approximate surface area is 231 Å². The number of pyridine rings is 1. The first-order chi connectivity index (χ1) is 19.6. The van der Waals surface area contributed by atoms with Crippen LogP contribution >= 0.6 is 0 Å². The van der Waals surface area contributed by atoms with E-state index in [1.807, 2.05) is 48.5 Å². The summed E-state index contributed by atoms with van der Waals surface area (Å²) in [7, 11) is 0. The summed E-state index contributed by atoms with van der Waals surface area (Å²) in [5.41, 5.74) is 2.82. The number of aromatic nitrogens is 1. The van der Waals surface area contributed by atoms with Gasteiger partial charge in [-0.05, 0) is 53.1 Å². The minimum atomic E-state index is -0.823. The number of aliphatic hydroxyl groups excluding tert-OH is 1. The van der Waals surface area contributed by atoms with Crippen LogP contribution in [0.5, 0.6) is 17.2 Å². The van der Waals surface area contributed by atoms with Crippen molar-refractivity contribution in [2.75, 3.05) is 13.2 Å². The molecule has 6 rings (SSSR count). The number of hydrogen-bond acceptors (Lipinski definition) is 7. The molecule has 0 radical (unpaired) electrons. The Morgan fingerprint density at radius 1 is 0.900 bits per heavy atom. The molecule has 1 aromatic heterocycles. The molecule has 3 heterocycles. The molecule has 2 aliphatic heterocycles. The van der Waals surface area contributed by atoms with Gasteiger partial charge < -0.3 is 24.2 Å². The Hall–Kier alpha value is -5.11. The van der Waals surface area contributed by atoms with Gasteiger partial charge in [-0.3, -0.25) is 14.6 Å². The molecule has 3 aromatic carbocycles. The number of hydrogen-bond donors (Lipinski definition) is 1. The zero-order valence-electron chi connectivity index (χ0n) is 21.5. The minimum Gasteiger partial charge on any atom is -0.507 e. The van der Waals surface area contributed by atoms with Crippen LogP contribution in [-0.4, -0.2) is 39.9 Å². The number of benzene rings is 3. The SMILES string of the molecule is O=C1C(=O)N(Cc2cccnc2)C(c2ccc(OCc3ccccc3)cc2)/C1=C(\O)c1ccc2c(c1)OCCO2. The van der Waals surface area contributed by atoms with E-state index in [-0.39, 0.29) is 17.9 Å². The van der Waals surface area contributed by atoms with Crippen LogP contribution in [0.1, 0.15) is 28.3 Å². The van der Waals surface area contributed by atoms with Crippen LogP contribution in [0, 0.1) is 0 Å². The number of nitrogens with zero attached hydrogens (tertiary/aromatic N) is 2. The molecule has 8 nitrogen and oxygen atoms in total. The van der Waals surface area contributed by atoms with Gasteiger partial charge in [-0.25, -0.2) is 0 Å². The lowest BCUT2D eigenvalue weighted by Gasteiger charge is -2.25. The van der Waals surface area contributed by atoms with Gasteiger partial charge in [0.2, 0.25) is 0 Å². The van der Waals surface area contributed by atoms with Crippen molar-refractivity contribution in [1.82, 2.24) is 9.88 Å². The Morgan fingerprint density at radius 2 is 1.65 bits per heavy atom. The minimum absolute atomic E-state index is 0.00326. The van der Waals surface area contributed by atoms with Crippen LogP contribution in [0.15, 0.2) is 103 Å². The van der Waals surface area contributed by atoms with E-state index in [4.69, 9.17) is 14.2 Å². The highest BCUT2D eigenvalue weighted by atomic mass is 16.6. The number of ketones is 1. The number of carbonyl (C=O) groups excluding carboxylic acids is 2. The molecule has 1 saturated heterocycles. The van der Waals surface area contributed by atoms with Crippen LogP contribution in [-0.2, 0) is 22.7 Å². The Morgan fingerprint density at radius 3 is 2.40 bits per heavy atom. The van der Waals surface area contributed by atoms with E-state index >= 15 is 0 Å². The van der Waals surface area contributed by atoms with Crippen molar-refractivity contribution in [3.63, 3.8) is 0 Å². The molecule has 0 bridgehead atoms. The maximum atomic E-state index is 13.4. The van der Waals surface area contributed by atoms with E-state index in [1.54, 1.807) is 48.8 Å². The molecule has 0 spiro atoms. The molecule has 0 saturated carbocycles. The van der Waals surface area contributed by atoms with E-state index in [1.165, 1.54) is 4.90 Å². The molecule has 8 heteroatoms. The lowest BCUT2D eigenvalue weighted by Crippen LogP contribution is -2.29. The molecule has 1 N–H and O–H groups in total. The molecule has 40 heavy (non-hydrogen) atoms. The standard InChI is InChI=1S/C32H26N2O6/c35-30(24-10-13-26-27(17-24)39-16-15-38-26)28-29(34(32(37)31(28)36)19-22-7-4-14-33-18-22)23-8-11-25(12-9-23)40-20-21-5-2-1-3-6-21/h1-14,17-18,29,35H,15-16,19-20H2/b30-28+. The van der Waals surface area contributed by atoms with Gasteiger partial charge in [-0.1, -0.05) is 48.5 Å². The van der Waals surface area contributed by atoms with E-state index in [9.17, 15) is 14.7 Å². The highest BCUT2D eigenvalue weighted by molar-refractivity contribution is 6.46. The van der Waals surface area contributed by atoms with Crippen LogP contribution in [0.4, 0.5) is 0 Å². The molecule has 1 fully saturated rings. The number of carbonyl (C=O) groups is 2. The fourth-order valence-electron chi connectivity index (χ4n) is 4.91. The van der Waals surface area contributed by atoms with Gasteiger partial charge in [0.15, 0.2) is 11.5 Å². The summed E-state index contributed by atoms with van der Waals surface area (Å²) in [4.78, 5) is 32.4. The first kappa shape index (κ1) is 25.2. The number of amides is 1. The second-order valence-corrected chi connectivity index (χ2v) is 9.49. The van der Waals surface area contributed by atoms with Gasteiger partial charge in [0.1, 0.15) is 31.3 Å². The fourth-order valence-corrected chi connectivity index (χ4v) is 4.91. The average molecular weight is 535 g/mol. The Bertz CT molecular complexity index is 1570. The zero-order valence-corrected chi connectivity index (χ0v) is 21.5. The second kappa shape index (κ2) is 10.9. The van der Waals surface area contributed by atoms with Crippen LogP contribution in [0.3, 0.4) is 0 Å². The van der Waals surface area contributed by atoms with Gasteiger partial charge in [0.25, 0.3) is 11.7 Å². The van der Waals surface area contributed by atoms with Crippen molar-refractivity contribution >= 4 is 17.4 Å². The van der Waals surface area contributed by atoms with E-state index in [0.29, 0.717) is 48.2 Å². The molecule has 200 valence electrons. The third kappa shape index (κ3) is 4.99. The average Bonchev–Trinajstić information content (AvgIpc) is 3.25. The van der Waals surface area contributed by atoms with Gasteiger partial charge in [0.05, 0.1) is 11.6 Å². The molecule has 1 amide bonds.